The van der Waals surface area contributed by atoms with E-state index in [1.54, 1.807) is 11.0 Å². The van der Waals surface area contributed by atoms with Gasteiger partial charge in [-0.2, -0.15) is 0 Å². The first-order valence-electron chi connectivity index (χ1n) is 5.87. The van der Waals surface area contributed by atoms with Crippen LogP contribution in [0.25, 0.3) is 0 Å². The Kier molecular flexibility index (Phi) is 4.28. The molecule has 0 spiro atoms. The number of hydrogen-bond donors (Lipinski definition) is 0. The Morgan fingerprint density at radius 3 is 2.89 bits per heavy atom. The molecule has 1 aromatic carbocycles. The van der Waals surface area contributed by atoms with Crippen LogP contribution in [0.4, 0.5) is 4.39 Å². The van der Waals surface area contributed by atoms with Crippen LogP contribution in [0.3, 0.4) is 0 Å². The average Bonchev–Trinajstić information content (AvgIpc) is 2.32. The molecule has 2 unspecified atom stereocenters. The average molecular weight is 335 g/mol. The van der Waals surface area contributed by atoms with Crippen molar-refractivity contribution < 1.29 is 9.18 Å². The van der Waals surface area contributed by atoms with Gasteiger partial charge in [-0.25, -0.2) is 4.39 Å². The lowest BCUT2D eigenvalue weighted by Gasteiger charge is -2.34. The zero-order valence-corrected chi connectivity index (χ0v) is 12.3. The zero-order chi connectivity index (χ0) is 13.3. The van der Waals surface area contributed by atoms with Crippen molar-refractivity contribution in [1.82, 2.24) is 4.90 Å². The second-order valence-corrected chi connectivity index (χ2v) is 6.27. The summed E-state index contributed by atoms with van der Waals surface area (Å²) < 4.78 is 13.7. The molecule has 1 saturated heterocycles. The number of carbonyl (C=O) groups excluding carboxylic acids is 1. The topological polar surface area (TPSA) is 20.3 Å². The molecule has 0 N–H and O–H groups in total. The normalized spacial score (nSPS) is 24.1. The molecule has 1 aliphatic heterocycles. The smallest absolute Gasteiger partial charge is 0.256 e. The third kappa shape index (κ3) is 2.86. The molecule has 0 bridgehead atoms. The second kappa shape index (κ2) is 5.57. The molecule has 0 saturated carbocycles. The number of carbonyl (C=O) groups is 1. The van der Waals surface area contributed by atoms with Crippen LogP contribution >= 0.6 is 27.5 Å². The van der Waals surface area contributed by atoms with Gasteiger partial charge in [0.2, 0.25) is 0 Å². The number of piperidine rings is 1. The van der Waals surface area contributed by atoms with E-state index in [9.17, 15) is 9.18 Å². The van der Waals surface area contributed by atoms with Gasteiger partial charge < -0.3 is 4.90 Å². The lowest BCUT2D eigenvalue weighted by molar-refractivity contribution is 0.0686. The summed E-state index contributed by atoms with van der Waals surface area (Å²) in [5, 5.41) is 0.302. The van der Waals surface area contributed by atoms with E-state index in [-0.39, 0.29) is 11.5 Å². The Morgan fingerprint density at radius 2 is 2.28 bits per heavy atom. The predicted octanol–water partition coefficient (Wildman–Crippen LogP) is 3.72. The van der Waals surface area contributed by atoms with Gasteiger partial charge in [-0.1, -0.05) is 34.5 Å². The third-order valence-corrected chi connectivity index (χ3v) is 4.84. The maximum atomic E-state index is 13.7. The maximum Gasteiger partial charge on any atom is 0.256 e. The Balaban J connectivity index is 2.16. The zero-order valence-electron chi connectivity index (χ0n) is 10.00. The van der Waals surface area contributed by atoms with E-state index in [1.165, 1.54) is 12.1 Å². The minimum absolute atomic E-state index is 0.0969. The highest BCUT2D eigenvalue weighted by atomic mass is 79.9. The molecule has 0 aromatic heterocycles. The van der Waals surface area contributed by atoms with Crippen LogP contribution in [0.2, 0.25) is 5.02 Å². The number of alkyl halides is 1. The summed E-state index contributed by atoms with van der Waals surface area (Å²) in [6.07, 6.45) is 0.891. The van der Waals surface area contributed by atoms with Crippen molar-refractivity contribution in [3.63, 3.8) is 0 Å². The molecule has 1 aliphatic rings. The molecule has 2 atom stereocenters. The van der Waals surface area contributed by atoms with Crippen molar-refractivity contribution in [3.8, 4) is 0 Å². The van der Waals surface area contributed by atoms with E-state index >= 15 is 0 Å². The quantitative estimate of drug-likeness (QED) is 0.717. The molecule has 18 heavy (non-hydrogen) atoms. The highest BCUT2D eigenvalue weighted by Crippen LogP contribution is 2.25. The monoisotopic (exact) mass is 333 g/mol. The molecule has 0 aliphatic carbocycles. The fraction of sp³-hybridized carbons (Fsp3) is 0.462. The Bertz CT molecular complexity index is 468. The minimum atomic E-state index is -0.555. The molecule has 98 valence electrons. The molecule has 5 heteroatoms. The van der Waals surface area contributed by atoms with E-state index in [0.29, 0.717) is 28.9 Å². The van der Waals surface area contributed by atoms with Crippen LogP contribution in [0.1, 0.15) is 23.7 Å². The number of rotatable bonds is 1. The molecule has 1 aromatic rings. The van der Waals surface area contributed by atoms with Crippen LogP contribution < -0.4 is 0 Å². The standard InChI is InChI=1S/C13H14BrClFNO/c1-8-7-17(5-4-11(8)14)13(18)10-3-2-9(15)6-12(10)16/h2-3,6,8,11H,4-5,7H2,1H3. The van der Waals surface area contributed by atoms with Crippen LogP contribution in [-0.4, -0.2) is 28.7 Å². The van der Waals surface area contributed by atoms with Crippen molar-refractivity contribution in [2.24, 2.45) is 5.92 Å². The molecule has 1 amide bonds. The first-order valence-corrected chi connectivity index (χ1v) is 7.17. The van der Waals surface area contributed by atoms with E-state index in [0.717, 1.165) is 6.42 Å². The van der Waals surface area contributed by atoms with Gasteiger partial charge in [0.05, 0.1) is 5.56 Å². The molecule has 2 nitrogen and oxygen atoms in total. The highest BCUT2D eigenvalue weighted by molar-refractivity contribution is 9.09. The van der Waals surface area contributed by atoms with E-state index in [2.05, 4.69) is 22.9 Å². The van der Waals surface area contributed by atoms with Gasteiger partial charge in [0.25, 0.3) is 5.91 Å². The van der Waals surface area contributed by atoms with Crippen molar-refractivity contribution in [2.45, 2.75) is 18.2 Å². The van der Waals surface area contributed by atoms with Gasteiger partial charge in [0.1, 0.15) is 5.82 Å². The first-order chi connectivity index (χ1) is 8.49. The highest BCUT2D eigenvalue weighted by Gasteiger charge is 2.28. The molecule has 1 heterocycles. The van der Waals surface area contributed by atoms with Gasteiger partial charge >= 0.3 is 0 Å². The summed E-state index contributed by atoms with van der Waals surface area (Å²) >= 11 is 9.26. The van der Waals surface area contributed by atoms with Crippen LogP contribution in [0.5, 0.6) is 0 Å². The molecular formula is C13H14BrClFNO. The Hall–Kier alpha value is -0.610. The first kappa shape index (κ1) is 13.8. The molecular weight excluding hydrogens is 321 g/mol. The summed E-state index contributed by atoms with van der Waals surface area (Å²) in [5.41, 5.74) is 0.0969. The lowest BCUT2D eigenvalue weighted by atomic mass is 9.99. The van der Waals surface area contributed by atoms with Crippen LogP contribution in [0.15, 0.2) is 18.2 Å². The van der Waals surface area contributed by atoms with Gasteiger partial charge in [-0.15, -0.1) is 0 Å². The van der Waals surface area contributed by atoms with Crippen molar-refractivity contribution in [3.05, 3.63) is 34.6 Å². The number of amides is 1. The predicted molar refractivity (Wildman–Crippen MR) is 73.8 cm³/mol. The van der Waals surface area contributed by atoms with E-state index in [1.807, 2.05) is 0 Å². The van der Waals surface area contributed by atoms with Gasteiger partial charge in [0.15, 0.2) is 0 Å². The van der Waals surface area contributed by atoms with Crippen molar-refractivity contribution in [1.29, 1.82) is 0 Å². The number of likely N-dealkylation sites (tertiary alicyclic amines) is 1. The van der Waals surface area contributed by atoms with Gasteiger partial charge in [-0.05, 0) is 30.5 Å². The second-order valence-electron chi connectivity index (χ2n) is 4.66. The largest absolute Gasteiger partial charge is 0.338 e. The number of hydrogen-bond acceptors (Lipinski definition) is 1. The number of halogens is 3. The summed E-state index contributed by atoms with van der Waals surface area (Å²) in [7, 11) is 0. The summed E-state index contributed by atoms with van der Waals surface area (Å²) in [4.78, 5) is 14.3. The minimum Gasteiger partial charge on any atom is -0.338 e. The van der Waals surface area contributed by atoms with E-state index < -0.39 is 5.82 Å². The van der Waals surface area contributed by atoms with Gasteiger partial charge in [-0.3, -0.25) is 4.79 Å². The molecule has 2 rings (SSSR count). The molecule has 0 radical (unpaired) electrons. The summed E-state index contributed by atoms with van der Waals surface area (Å²) in [6, 6.07) is 4.17. The van der Waals surface area contributed by atoms with E-state index in [4.69, 9.17) is 11.6 Å². The molecule has 1 fully saturated rings. The lowest BCUT2D eigenvalue weighted by Crippen LogP contribution is -2.43. The Morgan fingerprint density at radius 1 is 1.56 bits per heavy atom. The summed E-state index contributed by atoms with van der Waals surface area (Å²) in [6.45, 7) is 3.38. The van der Waals surface area contributed by atoms with Crippen LogP contribution in [-0.2, 0) is 0 Å². The number of benzene rings is 1. The summed E-state index contributed by atoms with van der Waals surface area (Å²) in [5.74, 6) is -0.436. The van der Waals surface area contributed by atoms with Gasteiger partial charge in [0, 0.05) is 22.9 Å². The maximum absolute atomic E-state index is 13.7. The fourth-order valence-electron chi connectivity index (χ4n) is 2.13. The van der Waals surface area contributed by atoms with Crippen molar-refractivity contribution in [2.75, 3.05) is 13.1 Å². The fourth-order valence-corrected chi connectivity index (χ4v) is 2.67. The van der Waals surface area contributed by atoms with Crippen molar-refractivity contribution >= 4 is 33.4 Å². The third-order valence-electron chi connectivity index (χ3n) is 3.25. The Labute approximate surface area is 119 Å². The van der Waals surface area contributed by atoms with Crippen LogP contribution in [0, 0.1) is 11.7 Å². The number of nitrogens with zero attached hydrogens (tertiary/aromatic N) is 1. The SMILES string of the molecule is CC1CN(C(=O)c2ccc(Cl)cc2F)CCC1Br.